The number of carbonyl (C=O) groups is 1. The molecule has 0 spiro atoms. The van der Waals surface area contributed by atoms with E-state index in [1.54, 1.807) is 6.92 Å². The number of carbonyl (C=O) groups excluding carboxylic acids is 1. The van der Waals surface area contributed by atoms with Crippen LogP contribution in [-0.4, -0.2) is 34.2 Å². The second-order valence-corrected chi connectivity index (χ2v) is 5.04. The van der Waals surface area contributed by atoms with Gasteiger partial charge in [0.15, 0.2) is 0 Å². The first kappa shape index (κ1) is 13.6. The van der Waals surface area contributed by atoms with Gasteiger partial charge in [0.25, 0.3) is 0 Å². The van der Waals surface area contributed by atoms with Gasteiger partial charge in [-0.1, -0.05) is 13.3 Å². The molecule has 0 radical (unpaired) electrons. The van der Waals surface area contributed by atoms with Crippen molar-refractivity contribution < 1.29 is 9.00 Å². The lowest BCUT2D eigenvalue weighted by Gasteiger charge is -2.10. The lowest BCUT2D eigenvalue weighted by atomic mass is 10.3. The second kappa shape index (κ2) is 7.94. The summed E-state index contributed by atoms with van der Waals surface area (Å²) in [6.45, 7) is 4.76. The standard InChI is InChI=1S/C9H20N2O2S/c1-3-4-6-11-9(12)8(2)14(13)7-5-10/h8H,3-7,10H2,1-2H3,(H,11,12). The highest BCUT2D eigenvalue weighted by atomic mass is 32.2. The molecule has 2 unspecified atom stereocenters. The van der Waals surface area contributed by atoms with E-state index in [2.05, 4.69) is 12.2 Å². The van der Waals surface area contributed by atoms with Crippen LogP contribution in [0.3, 0.4) is 0 Å². The van der Waals surface area contributed by atoms with Crippen molar-refractivity contribution >= 4 is 16.7 Å². The molecule has 3 N–H and O–H groups in total. The molecule has 84 valence electrons. The van der Waals surface area contributed by atoms with Crippen molar-refractivity contribution in [1.82, 2.24) is 5.32 Å². The number of hydrogen-bond donors (Lipinski definition) is 2. The van der Waals surface area contributed by atoms with Crippen molar-refractivity contribution in [3.8, 4) is 0 Å². The van der Waals surface area contributed by atoms with Gasteiger partial charge in [0, 0.05) is 29.6 Å². The van der Waals surface area contributed by atoms with Gasteiger partial charge in [0.2, 0.25) is 5.91 Å². The molecule has 0 heterocycles. The van der Waals surface area contributed by atoms with E-state index in [-0.39, 0.29) is 5.91 Å². The maximum atomic E-state index is 11.4. The van der Waals surface area contributed by atoms with E-state index in [4.69, 9.17) is 5.73 Å². The van der Waals surface area contributed by atoms with Crippen LogP contribution < -0.4 is 11.1 Å². The Balaban J connectivity index is 3.80. The van der Waals surface area contributed by atoms with Crippen molar-refractivity contribution in [2.75, 3.05) is 18.8 Å². The van der Waals surface area contributed by atoms with Gasteiger partial charge in [0.05, 0.1) is 0 Å². The fourth-order valence-corrected chi connectivity index (χ4v) is 1.85. The second-order valence-electron chi connectivity index (χ2n) is 3.16. The van der Waals surface area contributed by atoms with Crippen molar-refractivity contribution in [3.63, 3.8) is 0 Å². The maximum absolute atomic E-state index is 11.4. The summed E-state index contributed by atoms with van der Waals surface area (Å²) in [6, 6.07) is 0. The molecule has 0 saturated carbocycles. The molecule has 0 aliphatic heterocycles. The Morgan fingerprint density at radius 3 is 2.71 bits per heavy atom. The van der Waals surface area contributed by atoms with E-state index in [0.29, 0.717) is 18.8 Å². The first-order valence-corrected chi connectivity index (χ1v) is 6.36. The minimum atomic E-state index is -1.14. The van der Waals surface area contributed by atoms with Crippen molar-refractivity contribution in [2.45, 2.75) is 31.9 Å². The summed E-state index contributed by atoms with van der Waals surface area (Å²) < 4.78 is 11.4. The molecule has 0 aromatic rings. The Morgan fingerprint density at radius 1 is 1.57 bits per heavy atom. The molecule has 14 heavy (non-hydrogen) atoms. The largest absolute Gasteiger partial charge is 0.355 e. The van der Waals surface area contributed by atoms with Gasteiger partial charge in [-0.05, 0) is 13.3 Å². The molecule has 0 bridgehead atoms. The lowest BCUT2D eigenvalue weighted by Crippen LogP contribution is -2.37. The summed E-state index contributed by atoms with van der Waals surface area (Å²) in [6.07, 6.45) is 2.00. The SMILES string of the molecule is CCCCNC(=O)C(C)S(=O)CCN. The van der Waals surface area contributed by atoms with Crippen molar-refractivity contribution in [3.05, 3.63) is 0 Å². The first-order chi connectivity index (χ1) is 6.63. The van der Waals surface area contributed by atoms with Crippen molar-refractivity contribution in [2.24, 2.45) is 5.73 Å². The minimum absolute atomic E-state index is 0.134. The number of nitrogens with one attached hydrogen (secondary N) is 1. The number of unbranched alkanes of at least 4 members (excludes halogenated alkanes) is 1. The zero-order valence-corrected chi connectivity index (χ0v) is 9.73. The van der Waals surface area contributed by atoms with Crippen LogP contribution in [0.15, 0.2) is 0 Å². The highest BCUT2D eigenvalue weighted by molar-refractivity contribution is 7.86. The third-order valence-corrected chi connectivity index (χ3v) is 3.55. The molecule has 0 aliphatic rings. The average molecular weight is 220 g/mol. The number of amides is 1. The van der Waals surface area contributed by atoms with E-state index in [1.165, 1.54) is 0 Å². The fraction of sp³-hybridized carbons (Fsp3) is 0.889. The maximum Gasteiger partial charge on any atom is 0.235 e. The summed E-state index contributed by atoms with van der Waals surface area (Å²) >= 11 is 0. The smallest absolute Gasteiger partial charge is 0.235 e. The van der Waals surface area contributed by atoms with Crippen LogP contribution in [0.25, 0.3) is 0 Å². The van der Waals surface area contributed by atoms with Crippen LogP contribution in [0.2, 0.25) is 0 Å². The molecule has 1 amide bonds. The van der Waals surface area contributed by atoms with Crippen LogP contribution in [0.1, 0.15) is 26.7 Å². The van der Waals surface area contributed by atoms with E-state index >= 15 is 0 Å². The van der Waals surface area contributed by atoms with Crippen LogP contribution in [0, 0.1) is 0 Å². The number of hydrogen-bond acceptors (Lipinski definition) is 3. The highest BCUT2D eigenvalue weighted by Crippen LogP contribution is 1.96. The molecule has 0 aromatic carbocycles. The molecular weight excluding hydrogens is 200 g/mol. The Bertz CT molecular complexity index is 197. The van der Waals surface area contributed by atoms with Crippen molar-refractivity contribution in [1.29, 1.82) is 0 Å². The van der Waals surface area contributed by atoms with Crippen LogP contribution in [0.5, 0.6) is 0 Å². The third kappa shape index (κ3) is 5.34. The molecule has 2 atom stereocenters. The van der Waals surface area contributed by atoms with Gasteiger partial charge < -0.3 is 11.1 Å². The van der Waals surface area contributed by atoms with E-state index in [1.807, 2.05) is 0 Å². The zero-order valence-electron chi connectivity index (χ0n) is 8.91. The Morgan fingerprint density at radius 2 is 2.21 bits per heavy atom. The van der Waals surface area contributed by atoms with Gasteiger partial charge in [-0.25, -0.2) is 0 Å². The first-order valence-electron chi connectivity index (χ1n) is 4.98. The summed E-state index contributed by atoms with van der Waals surface area (Å²) in [5.74, 6) is 0.257. The average Bonchev–Trinajstić information content (AvgIpc) is 2.17. The quantitative estimate of drug-likeness (QED) is 0.593. The Hall–Kier alpha value is -0.420. The highest BCUT2D eigenvalue weighted by Gasteiger charge is 2.18. The van der Waals surface area contributed by atoms with Crippen LogP contribution in [-0.2, 0) is 15.6 Å². The zero-order chi connectivity index (χ0) is 11.0. The van der Waals surface area contributed by atoms with Crippen LogP contribution in [0.4, 0.5) is 0 Å². The topological polar surface area (TPSA) is 72.2 Å². The Labute approximate surface area is 88.1 Å². The summed E-state index contributed by atoms with van der Waals surface area (Å²) in [4.78, 5) is 11.4. The predicted molar refractivity (Wildman–Crippen MR) is 59.4 cm³/mol. The van der Waals surface area contributed by atoms with E-state index in [9.17, 15) is 9.00 Å². The van der Waals surface area contributed by atoms with E-state index < -0.39 is 16.0 Å². The van der Waals surface area contributed by atoms with Crippen LogP contribution >= 0.6 is 0 Å². The number of rotatable bonds is 7. The molecule has 0 aliphatic carbocycles. The molecule has 0 saturated heterocycles. The molecule has 0 rings (SSSR count). The fourth-order valence-electron chi connectivity index (χ4n) is 0.944. The number of nitrogens with two attached hydrogens (primary N) is 1. The molecular formula is C9H20N2O2S. The molecule has 0 aromatic heterocycles. The summed E-state index contributed by atoms with van der Waals surface area (Å²) in [5, 5.41) is 2.30. The summed E-state index contributed by atoms with van der Waals surface area (Å²) in [5.41, 5.74) is 5.26. The normalized spacial score (nSPS) is 14.8. The lowest BCUT2D eigenvalue weighted by molar-refractivity contribution is -0.120. The summed E-state index contributed by atoms with van der Waals surface area (Å²) in [7, 11) is -1.14. The molecule has 0 fully saturated rings. The molecule has 5 heteroatoms. The molecule has 4 nitrogen and oxygen atoms in total. The van der Waals surface area contributed by atoms with Gasteiger partial charge in [-0.3, -0.25) is 9.00 Å². The van der Waals surface area contributed by atoms with Gasteiger partial charge in [-0.2, -0.15) is 0 Å². The van der Waals surface area contributed by atoms with Gasteiger partial charge >= 0.3 is 0 Å². The van der Waals surface area contributed by atoms with Gasteiger partial charge in [-0.15, -0.1) is 0 Å². The van der Waals surface area contributed by atoms with E-state index in [0.717, 1.165) is 12.8 Å². The predicted octanol–water partition coefficient (Wildman–Crippen LogP) is -0.00140. The minimum Gasteiger partial charge on any atom is -0.355 e. The monoisotopic (exact) mass is 220 g/mol. The third-order valence-electron chi connectivity index (χ3n) is 1.91. The van der Waals surface area contributed by atoms with Gasteiger partial charge in [0.1, 0.15) is 5.25 Å². The Kier molecular flexibility index (Phi) is 7.70.